The van der Waals surface area contributed by atoms with Gasteiger partial charge in [-0.1, -0.05) is 0 Å². The number of carbonyl (C=O) groups excluding carboxylic acids is 2. The van der Waals surface area contributed by atoms with E-state index in [9.17, 15) is 14.7 Å². The lowest BCUT2D eigenvalue weighted by molar-refractivity contribution is -0.125. The van der Waals surface area contributed by atoms with Crippen LogP contribution in [0.25, 0.3) is 0 Å². The molecule has 0 saturated carbocycles. The zero-order valence-electron chi connectivity index (χ0n) is 3.72. The first-order valence-corrected chi connectivity index (χ1v) is 1.84. The molecule has 7 heavy (non-hydrogen) atoms. The number of Topliss-reactive ketones (excluding diaryl/α,β-unsaturated/α-hetero) is 1. The van der Waals surface area contributed by atoms with Crippen LogP contribution in [-0.4, -0.2) is 18.7 Å². The molecule has 0 aromatic heterocycles. The van der Waals surface area contributed by atoms with Crippen molar-refractivity contribution < 1.29 is 14.7 Å². The molecular weight excluding hydrogens is 96.0 g/mol. The molecule has 0 bridgehead atoms. The first-order chi connectivity index (χ1) is 3.31. The van der Waals surface area contributed by atoms with Crippen LogP contribution in [0.4, 0.5) is 0 Å². The van der Waals surface area contributed by atoms with Crippen LogP contribution in [0, 0.1) is 0 Å². The molecule has 0 atom stereocenters. The summed E-state index contributed by atoms with van der Waals surface area (Å²) in [6, 6.07) is 0. The molecule has 0 aromatic rings. The Morgan fingerprint density at radius 2 is 2.14 bits per heavy atom. The van der Waals surface area contributed by atoms with Crippen molar-refractivity contribution in [2.75, 3.05) is 6.61 Å². The molecule has 3 heteroatoms. The highest BCUT2D eigenvalue weighted by atomic mass is 16.3. The van der Waals surface area contributed by atoms with E-state index in [-0.39, 0.29) is 6.42 Å². The van der Waals surface area contributed by atoms with Crippen molar-refractivity contribution in [3.63, 3.8) is 0 Å². The van der Waals surface area contributed by atoms with E-state index in [4.69, 9.17) is 0 Å². The van der Waals surface area contributed by atoms with E-state index in [2.05, 4.69) is 0 Å². The molecule has 0 amide bonds. The molecule has 0 spiro atoms. The molecule has 0 N–H and O–H groups in total. The van der Waals surface area contributed by atoms with Crippen LogP contribution in [-0.2, 0) is 14.7 Å². The van der Waals surface area contributed by atoms with E-state index in [1.54, 1.807) is 0 Å². The fourth-order valence-electron chi connectivity index (χ4n) is 0.152. The smallest absolute Gasteiger partial charge is 0.168 e. The van der Waals surface area contributed by atoms with Crippen LogP contribution in [0.5, 0.6) is 0 Å². The third kappa shape index (κ3) is 3.12. The van der Waals surface area contributed by atoms with E-state index in [0.717, 1.165) is 0 Å². The van der Waals surface area contributed by atoms with Gasteiger partial charge < -0.3 is 4.79 Å². The maximum absolute atomic E-state index is 9.87. The summed E-state index contributed by atoms with van der Waals surface area (Å²) in [7, 11) is 0. The van der Waals surface area contributed by atoms with Crippen LogP contribution in [0.1, 0.15) is 6.42 Å². The number of carbonyl (C=O) groups is 2. The average Bonchev–Trinajstić information content (AvgIpc) is 1.68. The molecule has 39 valence electrons. The van der Waals surface area contributed by atoms with Crippen LogP contribution in [0.2, 0.25) is 0 Å². The molecule has 1 radical (unpaired) electrons. The molecule has 0 rings (SSSR count). The summed E-state index contributed by atoms with van der Waals surface area (Å²) in [4.78, 5) is 19.3. The fourth-order valence-corrected chi connectivity index (χ4v) is 0.152. The molecule has 0 aliphatic rings. The van der Waals surface area contributed by atoms with E-state index >= 15 is 0 Å². The van der Waals surface area contributed by atoms with Gasteiger partial charge in [-0.15, -0.1) is 0 Å². The molecule has 0 saturated heterocycles. The van der Waals surface area contributed by atoms with Gasteiger partial charge in [0.05, 0.1) is 6.42 Å². The predicted molar refractivity (Wildman–Crippen MR) is 21.2 cm³/mol. The zero-order valence-corrected chi connectivity index (χ0v) is 3.72. The maximum Gasteiger partial charge on any atom is 0.168 e. The summed E-state index contributed by atoms with van der Waals surface area (Å²) in [5.74, 6) is -0.546. The molecule has 0 heterocycles. The molecule has 0 aliphatic heterocycles. The summed E-state index contributed by atoms with van der Waals surface area (Å²) in [5, 5.41) is 9.51. The van der Waals surface area contributed by atoms with Gasteiger partial charge in [0.15, 0.2) is 5.78 Å². The summed E-state index contributed by atoms with van der Waals surface area (Å²) in [5.41, 5.74) is 0. The number of aldehydes is 1. The van der Waals surface area contributed by atoms with Crippen molar-refractivity contribution in [2.45, 2.75) is 6.42 Å². The average molecular weight is 101 g/mol. The van der Waals surface area contributed by atoms with Gasteiger partial charge >= 0.3 is 0 Å². The second-order valence-corrected chi connectivity index (χ2v) is 1.05. The Kier molecular flexibility index (Phi) is 3.14. The minimum atomic E-state index is -0.779. The van der Waals surface area contributed by atoms with Gasteiger partial charge in [0.25, 0.3) is 0 Å². The second kappa shape index (κ2) is 3.49. The Morgan fingerprint density at radius 3 is 2.29 bits per heavy atom. The number of hydrogen-bond acceptors (Lipinski definition) is 2. The highest BCUT2D eigenvalue weighted by Crippen LogP contribution is 1.72. The summed E-state index contributed by atoms with van der Waals surface area (Å²) in [6.07, 6.45) is 0.198. The third-order valence-electron chi connectivity index (χ3n) is 0.472. The molecule has 0 fully saturated rings. The van der Waals surface area contributed by atoms with Crippen molar-refractivity contribution >= 4 is 12.1 Å². The van der Waals surface area contributed by atoms with Gasteiger partial charge in [0, 0.05) is 0 Å². The van der Waals surface area contributed by atoms with Crippen LogP contribution < -0.4 is 0 Å². The summed E-state index contributed by atoms with van der Waals surface area (Å²) in [6.45, 7) is -0.779. The Morgan fingerprint density at radius 1 is 1.57 bits per heavy atom. The first-order valence-electron chi connectivity index (χ1n) is 1.84. The number of ketones is 1. The van der Waals surface area contributed by atoms with Crippen LogP contribution in [0.3, 0.4) is 0 Å². The van der Waals surface area contributed by atoms with E-state index in [1.807, 2.05) is 0 Å². The van der Waals surface area contributed by atoms with Gasteiger partial charge in [-0.2, -0.15) is 0 Å². The molecule has 0 aromatic carbocycles. The standard InChI is InChI=1S/C4H5O3/c5-2-1-4(7)3-6/h2H,1,3H2. The normalized spacial score (nSPS) is 8.14. The van der Waals surface area contributed by atoms with Crippen molar-refractivity contribution in [2.24, 2.45) is 0 Å². The van der Waals surface area contributed by atoms with E-state index in [1.165, 1.54) is 0 Å². The van der Waals surface area contributed by atoms with E-state index < -0.39 is 12.4 Å². The monoisotopic (exact) mass is 101 g/mol. The van der Waals surface area contributed by atoms with Crippen LogP contribution >= 0.6 is 0 Å². The zero-order chi connectivity index (χ0) is 5.70. The first kappa shape index (κ1) is 6.30. The van der Waals surface area contributed by atoms with Gasteiger partial charge in [-0.25, -0.2) is 5.11 Å². The lowest BCUT2D eigenvalue weighted by Crippen LogP contribution is -2.01. The Labute approximate surface area is 41.0 Å². The SMILES string of the molecule is [O]CC(=O)CC=O. The van der Waals surface area contributed by atoms with Crippen molar-refractivity contribution in [3.8, 4) is 0 Å². The fraction of sp³-hybridized carbons (Fsp3) is 0.500. The minimum absolute atomic E-state index is 0.233. The molecule has 0 aliphatic carbocycles. The number of hydrogen-bond donors (Lipinski definition) is 0. The quantitative estimate of drug-likeness (QED) is 0.358. The Balaban J connectivity index is 3.17. The van der Waals surface area contributed by atoms with Crippen molar-refractivity contribution in [1.82, 2.24) is 0 Å². The van der Waals surface area contributed by atoms with Gasteiger partial charge in [-0.05, 0) is 0 Å². The highest BCUT2D eigenvalue weighted by molar-refractivity contribution is 5.90. The maximum atomic E-state index is 9.87. The topological polar surface area (TPSA) is 54.0 Å². The predicted octanol–water partition coefficient (Wildman–Crippen LogP) is -0.425. The third-order valence-corrected chi connectivity index (χ3v) is 0.472. The summed E-state index contributed by atoms with van der Waals surface area (Å²) < 4.78 is 0. The second-order valence-electron chi connectivity index (χ2n) is 1.05. The lowest BCUT2D eigenvalue weighted by Gasteiger charge is -1.78. The van der Waals surface area contributed by atoms with Gasteiger partial charge in [-0.3, -0.25) is 4.79 Å². The lowest BCUT2D eigenvalue weighted by atomic mass is 10.3. The van der Waals surface area contributed by atoms with E-state index in [0.29, 0.717) is 6.29 Å². The van der Waals surface area contributed by atoms with Gasteiger partial charge in [0.2, 0.25) is 0 Å². The van der Waals surface area contributed by atoms with Crippen molar-refractivity contribution in [3.05, 3.63) is 0 Å². The van der Waals surface area contributed by atoms with Crippen molar-refractivity contribution in [1.29, 1.82) is 0 Å². The van der Waals surface area contributed by atoms with Gasteiger partial charge in [0.1, 0.15) is 12.9 Å². The molecule has 0 unspecified atom stereocenters. The molecule has 3 nitrogen and oxygen atoms in total. The molecular formula is C4H5O3. The largest absolute Gasteiger partial charge is 0.303 e. The number of rotatable bonds is 3. The minimum Gasteiger partial charge on any atom is -0.303 e. The van der Waals surface area contributed by atoms with Crippen LogP contribution in [0.15, 0.2) is 0 Å². The summed E-state index contributed by atoms with van der Waals surface area (Å²) >= 11 is 0. The Hall–Kier alpha value is -0.700. The Bertz CT molecular complexity index is 77.0. The highest BCUT2D eigenvalue weighted by Gasteiger charge is 1.94.